The molecule has 0 unspecified atom stereocenters. The van der Waals surface area contributed by atoms with Gasteiger partial charge in [-0.25, -0.2) is 19.2 Å². The number of hydrogen-bond acceptors (Lipinski definition) is 13. The number of amides is 3. The summed E-state index contributed by atoms with van der Waals surface area (Å²) in [4.78, 5) is 81.6. The maximum Gasteiger partial charge on any atom is 0.414 e. The van der Waals surface area contributed by atoms with E-state index in [1.807, 2.05) is 65.0 Å². The second-order valence-corrected chi connectivity index (χ2v) is 21.1. The van der Waals surface area contributed by atoms with E-state index in [9.17, 15) is 28.8 Å². The normalized spacial score (nSPS) is 17.7. The van der Waals surface area contributed by atoms with Crippen LogP contribution in [0, 0.1) is 17.3 Å². The van der Waals surface area contributed by atoms with Gasteiger partial charge in [-0.05, 0) is 105 Å². The van der Waals surface area contributed by atoms with Gasteiger partial charge in [-0.2, -0.15) is 0 Å². The van der Waals surface area contributed by atoms with Crippen LogP contribution in [0.2, 0.25) is 5.02 Å². The average molecular weight is 985 g/mol. The molecule has 1 aliphatic heterocycles. The maximum atomic E-state index is 14.3. The second-order valence-electron chi connectivity index (χ2n) is 20.7. The summed E-state index contributed by atoms with van der Waals surface area (Å²) in [6.45, 7) is 25.9. The SMILES string of the molecule is C=CCOC(=O)N(C)c1ccc(C[C@@H](NC(=O)OC(C)(C)C)C(=O)NCC(C)(C)C(=O)O[C@@H](CC(C)C)C(=O)O[C@@H](C/C=C/C(=O)OC(C)(C)C)[C@H](C)[C@H]2OC(C)(C)O[C@@H]2c2ccccc2)cc1Cl. The Balaban J connectivity index is 1.85. The molecule has 17 heteroatoms. The lowest BCUT2D eigenvalue weighted by Gasteiger charge is -2.32. The highest BCUT2D eigenvalue weighted by atomic mass is 35.5. The topological polar surface area (TPSA) is 194 Å². The van der Waals surface area contributed by atoms with Crippen molar-refractivity contribution in [3.8, 4) is 0 Å². The van der Waals surface area contributed by atoms with Crippen LogP contribution in [-0.4, -0.2) is 97.5 Å². The maximum absolute atomic E-state index is 14.3. The predicted octanol–water partition coefficient (Wildman–Crippen LogP) is 9.36. The first kappa shape index (κ1) is 57.9. The molecular formula is C52H74ClN3O13. The van der Waals surface area contributed by atoms with Crippen molar-refractivity contribution in [2.45, 2.75) is 157 Å². The zero-order valence-electron chi connectivity index (χ0n) is 42.8. The summed E-state index contributed by atoms with van der Waals surface area (Å²) in [5.74, 6) is -4.42. The molecule has 2 aromatic carbocycles. The number of nitrogens with zero attached hydrogens (tertiary/aromatic N) is 1. The average Bonchev–Trinajstić information content (AvgIpc) is 3.57. The molecule has 3 amide bonds. The molecule has 0 aromatic heterocycles. The van der Waals surface area contributed by atoms with Crippen LogP contribution in [0.4, 0.5) is 15.3 Å². The van der Waals surface area contributed by atoms with Gasteiger partial charge in [-0.15, -0.1) is 0 Å². The fraction of sp³-hybridized carbons (Fsp3) is 0.577. The van der Waals surface area contributed by atoms with Crippen molar-refractivity contribution in [2.24, 2.45) is 17.3 Å². The Bertz CT molecular complexity index is 2130. The molecule has 0 saturated carbocycles. The van der Waals surface area contributed by atoms with E-state index in [-0.39, 0.29) is 43.4 Å². The second kappa shape index (κ2) is 24.9. The first-order valence-corrected chi connectivity index (χ1v) is 23.6. The molecule has 1 fully saturated rings. The minimum absolute atomic E-state index is 0.00532. The molecule has 1 aliphatic rings. The van der Waals surface area contributed by atoms with Crippen LogP contribution in [0.3, 0.4) is 0 Å². The summed E-state index contributed by atoms with van der Waals surface area (Å²) in [6.07, 6.45) is -0.415. The summed E-state index contributed by atoms with van der Waals surface area (Å²) in [7, 11) is 1.49. The van der Waals surface area contributed by atoms with Gasteiger partial charge in [0.2, 0.25) is 5.91 Å². The summed E-state index contributed by atoms with van der Waals surface area (Å²) in [5, 5.41) is 5.55. The lowest BCUT2D eigenvalue weighted by molar-refractivity contribution is -0.182. The van der Waals surface area contributed by atoms with E-state index >= 15 is 0 Å². The van der Waals surface area contributed by atoms with E-state index in [2.05, 4.69) is 17.2 Å². The molecule has 1 saturated heterocycles. The van der Waals surface area contributed by atoms with Crippen molar-refractivity contribution in [2.75, 3.05) is 25.1 Å². The number of hydrogen-bond donors (Lipinski definition) is 2. The van der Waals surface area contributed by atoms with Gasteiger partial charge in [0.05, 0.1) is 22.2 Å². The number of rotatable bonds is 21. The molecule has 16 nitrogen and oxygen atoms in total. The molecule has 2 N–H and O–H groups in total. The fourth-order valence-corrected chi connectivity index (χ4v) is 7.43. The van der Waals surface area contributed by atoms with E-state index in [1.165, 1.54) is 24.1 Å². The van der Waals surface area contributed by atoms with Crippen molar-refractivity contribution in [1.29, 1.82) is 0 Å². The van der Waals surface area contributed by atoms with Gasteiger partial charge < -0.3 is 43.8 Å². The molecule has 0 bridgehead atoms. The van der Waals surface area contributed by atoms with E-state index in [4.69, 9.17) is 44.8 Å². The van der Waals surface area contributed by atoms with E-state index in [1.54, 1.807) is 79.7 Å². The Kier molecular flexibility index (Phi) is 20.9. The van der Waals surface area contributed by atoms with E-state index < -0.39 is 94.8 Å². The lowest BCUT2D eigenvalue weighted by atomic mass is 9.89. The Morgan fingerprint density at radius 2 is 1.54 bits per heavy atom. The minimum Gasteiger partial charge on any atom is -0.459 e. The number of ether oxygens (including phenoxy) is 7. The van der Waals surface area contributed by atoms with E-state index in [0.29, 0.717) is 11.3 Å². The minimum atomic E-state index is -1.40. The summed E-state index contributed by atoms with van der Waals surface area (Å²) in [6, 6.07) is 13.1. The van der Waals surface area contributed by atoms with Crippen LogP contribution in [0.25, 0.3) is 0 Å². The van der Waals surface area contributed by atoms with Crippen molar-refractivity contribution in [3.05, 3.63) is 89.5 Å². The number of alkyl carbamates (subject to hydrolysis) is 1. The monoisotopic (exact) mass is 983 g/mol. The molecule has 0 aliphatic carbocycles. The molecule has 69 heavy (non-hydrogen) atoms. The molecule has 0 radical (unpaired) electrons. The van der Waals surface area contributed by atoms with Crippen LogP contribution in [0.1, 0.15) is 120 Å². The zero-order chi connectivity index (χ0) is 52.1. The quantitative estimate of drug-likeness (QED) is 0.0520. The van der Waals surface area contributed by atoms with Gasteiger partial charge in [-0.1, -0.05) is 87.5 Å². The van der Waals surface area contributed by atoms with Crippen molar-refractivity contribution >= 4 is 53.3 Å². The van der Waals surface area contributed by atoms with Gasteiger partial charge in [-0.3, -0.25) is 14.5 Å². The molecule has 382 valence electrons. The number of benzene rings is 2. The third kappa shape index (κ3) is 19.1. The first-order valence-electron chi connectivity index (χ1n) is 23.2. The van der Waals surface area contributed by atoms with Crippen LogP contribution in [0.5, 0.6) is 0 Å². The number of halogens is 1. The highest BCUT2D eigenvalue weighted by Gasteiger charge is 2.47. The molecule has 2 aromatic rings. The third-order valence-corrected chi connectivity index (χ3v) is 10.8. The van der Waals surface area contributed by atoms with Crippen LogP contribution in [0.15, 0.2) is 73.3 Å². The van der Waals surface area contributed by atoms with E-state index in [0.717, 1.165) is 5.56 Å². The van der Waals surface area contributed by atoms with Crippen LogP contribution in [-0.2, 0) is 58.8 Å². The molecular weight excluding hydrogens is 910 g/mol. The number of carbonyl (C=O) groups is 6. The highest BCUT2D eigenvalue weighted by Crippen LogP contribution is 2.43. The van der Waals surface area contributed by atoms with Crippen molar-refractivity contribution in [1.82, 2.24) is 10.6 Å². The Morgan fingerprint density at radius 3 is 2.12 bits per heavy atom. The summed E-state index contributed by atoms with van der Waals surface area (Å²) in [5.41, 5.74) is -1.26. The molecule has 1 heterocycles. The number of esters is 3. The smallest absolute Gasteiger partial charge is 0.414 e. The molecule has 3 rings (SSSR count). The number of carbonyl (C=O) groups excluding carboxylic acids is 6. The standard InChI is InChI=1S/C52H74ClN3O13/c1-16-27-63-48(62)56(15)38-26-25-34(29-36(38)53)30-37(55-47(61)69-50(8,9)10)44(58)54-31-51(11,12)46(60)65-40(28-32(2)3)45(59)64-39(23-20-24-41(57)66-49(5,6)7)33(4)42-43(68-52(13,14)67-42)35-21-18-17-19-22-35/h16-22,24-26,29,32-33,37,39-40,42-43H,1,23,27-28,30-31H2,2-15H3,(H,54,58)(H,55,61)/b24-20+/t33-,37+,39-,40-,42+,43+/m0/s1. The summed E-state index contributed by atoms with van der Waals surface area (Å²) >= 11 is 6.58. The van der Waals surface area contributed by atoms with Gasteiger partial charge >= 0.3 is 30.1 Å². The molecule has 0 spiro atoms. The Hall–Kier alpha value is -5.45. The van der Waals surface area contributed by atoms with Gasteiger partial charge in [0.1, 0.15) is 36.1 Å². The van der Waals surface area contributed by atoms with Crippen LogP contribution < -0.4 is 15.5 Å². The molecule has 6 atom stereocenters. The highest BCUT2D eigenvalue weighted by molar-refractivity contribution is 6.33. The third-order valence-electron chi connectivity index (χ3n) is 10.5. The first-order chi connectivity index (χ1) is 31.9. The number of nitrogens with one attached hydrogen (secondary N) is 2. The predicted molar refractivity (Wildman–Crippen MR) is 262 cm³/mol. The summed E-state index contributed by atoms with van der Waals surface area (Å²) < 4.78 is 41.0. The largest absolute Gasteiger partial charge is 0.459 e. The number of anilines is 1. The van der Waals surface area contributed by atoms with Gasteiger partial charge in [0.25, 0.3) is 0 Å². The van der Waals surface area contributed by atoms with Crippen molar-refractivity contribution in [3.63, 3.8) is 0 Å². The zero-order valence-corrected chi connectivity index (χ0v) is 43.5. The van der Waals surface area contributed by atoms with Gasteiger partial charge in [0.15, 0.2) is 11.9 Å². The Labute approximate surface area is 413 Å². The fourth-order valence-electron chi connectivity index (χ4n) is 7.10. The van der Waals surface area contributed by atoms with Crippen molar-refractivity contribution < 1.29 is 61.9 Å². The lowest BCUT2D eigenvalue weighted by Crippen LogP contribution is -2.52. The Morgan fingerprint density at radius 1 is 0.899 bits per heavy atom. The van der Waals surface area contributed by atoms with Gasteiger partial charge in [0, 0.05) is 38.4 Å². The van der Waals surface area contributed by atoms with Crippen LogP contribution >= 0.6 is 11.6 Å².